The Labute approximate surface area is 101 Å². The number of hydrogen-bond acceptors (Lipinski definition) is 5. The van der Waals surface area contributed by atoms with E-state index >= 15 is 0 Å². The van der Waals surface area contributed by atoms with E-state index < -0.39 is 6.10 Å². The van der Waals surface area contributed by atoms with Crippen molar-refractivity contribution in [3.8, 4) is 0 Å². The second-order valence-electron chi connectivity index (χ2n) is 4.74. The summed E-state index contributed by atoms with van der Waals surface area (Å²) >= 11 is 0. The lowest BCUT2D eigenvalue weighted by molar-refractivity contribution is 0.141. The predicted octanol–water partition coefficient (Wildman–Crippen LogP) is 1.52. The third-order valence-corrected chi connectivity index (χ3v) is 3.32. The van der Waals surface area contributed by atoms with Crippen LogP contribution in [0.1, 0.15) is 44.3 Å². The highest BCUT2D eigenvalue weighted by Gasteiger charge is 2.24. The molecule has 1 saturated heterocycles. The number of aliphatic hydroxyl groups is 1. The third-order valence-electron chi connectivity index (χ3n) is 3.32. The summed E-state index contributed by atoms with van der Waals surface area (Å²) in [5.41, 5.74) is 0. The Morgan fingerprint density at radius 1 is 1.53 bits per heavy atom. The third kappa shape index (κ3) is 3.04. The van der Waals surface area contributed by atoms with Crippen LogP contribution in [0.4, 0.5) is 0 Å². The zero-order valence-corrected chi connectivity index (χ0v) is 10.4. The summed E-state index contributed by atoms with van der Waals surface area (Å²) in [5, 5.41) is 13.6. The van der Waals surface area contributed by atoms with Gasteiger partial charge in [0.15, 0.2) is 5.82 Å². The van der Waals surface area contributed by atoms with Crippen molar-refractivity contribution in [2.75, 3.05) is 13.2 Å². The standard InChI is InChI=1S/C12H20N2O3/c1-3-10(8(2)15)12-13-11(14-17-12)6-9-4-5-16-7-9/h8-10,15H,3-7H2,1-2H3. The molecule has 5 heteroatoms. The van der Waals surface area contributed by atoms with Crippen molar-refractivity contribution in [1.29, 1.82) is 0 Å². The highest BCUT2D eigenvalue weighted by Crippen LogP contribution is 2.23. The van der Waals surface area contributed by atoms with Gasteiger partial charge in [-0.2, -0.15) is 4.98 Å². The molecule has 0 aliphatic carbocycles. The molecule has 0 amide bonds. The van der Waals surface area contributed by atoms with Crippen LogP contribution < -0.4 is 0 Å². The minimum absolute atomic E-state index is 0.0592. The van der Waals surface area contributed by atoms with Crippen LogP contribution in [0.3, 0.4) is 0 Å². The van der Waals surface area contributed by atoms with Crippen molar-refractivity contribution in [2.24, 2.45) is 5.92 Å². The normalized spacial score (nSPS) is 23.8. The van der Waals surface area contributed by atoms with Crippen molar-refractivity contribution in [3.05, 3.63) is 11.7 Å². The number of aromatic nitrogens is 2. The number of nitrogens with zero attached hydrogens (tertiary/aromatic N) is 2. The Morgan fingerprint density at radius 2 is 2.35 bits per heavy atom. The number of aliphatic hydroxyl groups excluding tert-OH is 1. The molecule has 1 N–H and O–H groups in total. The van der Waals surface area contributed by atoms with Gasteiger partial charge in [-0.3, -0.25) is 0 Å². The lowest BCUT2D eigenvalue weighted by atomic mass is 10.0. The topological polar surface area (TPSA) is 68.4 Å². The van der Waals surface area contributed by atoms with E-state index in [9.17, 15) is 5.11 Å². The molecule has 96 valence electrons. The van der Waals surface area contributed by atoms with E-state index in [0.29, 0.717) is 11.8 Å². The second-order valence-corrected chi connectivity index (χ2v) is 4.74. The molecule has 0 spiro atoms. The number of hydrogen-bond donors (Lipinski definition) is 1. The lowest BCUT2D eigenvalue weighted by Gasteiger charge is -2.12. The van der Waals surface area contributed by atoms with E-state index in [4.69, 9.17) is 9.26 Å². The van der Waals surface area contributed by atoms with Gasteiger partial charge in [-0.05, 0) is 25.7 Å². The Kier molecular flexibility index (Phi) is 4.12. The van der Waals surface area contributed by atoms with E-state index in [1.807, 2.05) is 6.92 Å². The van der Waals surface area contributed by atoms with E-state index in [-0.39, 0.29) is 5.92 Å². The van der Waals surface area contributed by atoms with Gasteiger partial charge in [0.25, 0.3) is 0 Å². The highest BCUT2D eigenvalue weighted by atomic mass is 16.5. The van der Waals surface area contributed by atoms with Gasteiger partial charge in [0.2, 0.25) is 5.89 Å². The van der Waals surface area contributed by atoms with Gasteiger partial charge in [0.05, 0.1) is 12.0 Å². The molecule has 17 heavy (non-hydrogen) atoms. The van der Waals surface area contributed by atoms with Gasteiger partial charge >= 0.3 is 0 Å². The van der Waals surface area contributed by atoms with Crippen LogP contribution in [0.5, 0.6) is 0 Å². The second kappa shape index (κ2) is 5.60. The van der Waals surface area contributed by atoms with E-state index in [0.717, 1.165) is 38.3 Å². The molecular formula is C12H20N2O3. The average Bonchev–Trinajstić information content (AvgIpc) is 2.91. The molecule has 2 heterocycles. The van der Waals surface area contributed by atoms with E-state index in [1.54, 1.807) is 6.92 Å². The summed E-state index contributed by atoms with van der Waals surface area (Å²) in [6, 6.07) is 0. The van der Waals surface area contributed by atoms with Gasteiger partial charge in [0, 0.05) is 19.6 Å². The minimum atomic E-state index is -0.455. The Hall–Kier alpha value is -0.940. The summed E-state index contributed by atoms with van der Waals surface area (Å²) in [5.74, 6) is 1.73. The van der Waals surface area contributed by atoms with Crippen molar-refractivity contribution in [3.63, 3.8) is 0 Å². The maximum Gasteiger partial charge on any atom is 0.232 e. The van der Waals surface area contributed by atoms with Crippen LogP contribution in [0, 0.1) is 5.92 Å². The first kappa shape index (κ1) is 12.5. The zero-order valence-electron chi connectivity index (χ0n) is 10.4. The van der Waals surface area contributed by atoms with Crippen LogP contribution in [-0.4, -0.2) is 34.6 Å². The summed E-state index contributed by atoms with van der Waals surface area (Å²) in [4.78, 5) is 4.37. The van der Waals surface area contributed by atoms with Crippen molar-refractivity contribution in [2.45, 2.75) is 45.1 Å². The first-order valence-corrected chi connectivity index (χ1v) is 6.29. The van der Waals surface area contributed by atoms with Crippen LogP contribution in [-0.2, 0) is 11.2 Å². The Balaban J connectivity index is 1.99. The fraction of sp³-hybridized carbons (Fsp3) is 0.833. The van der Waals surface area contributed by atoms with Gasteiger partial charge in [-0.25, -0.2) is 0 Å². The number of rotatable bonds is 5. The molecule has 5 nitrogen and oxygen atoms in total. The fourth-order valence-corrected chi connectivity index (χ4v) is 2.23. The molecule has 2 rings (SSSR count). The molecule has 0 saturated carbocycles. The highest BCUT2D eigenvalue weighted by molar-refractivity contribution is 4.97. The summed E-state index contributed by atoms with van der Waals surface area (Å²) in [7, 11) is 0. The zero-order chi connectivity index (χ0) is 12.3. The minimum Gasteiger partial charge on any atom is -0.393 e. The van der Waals surface area contributed by atoms with Crippen LogP contribution in [0.25, 0.3) is 0 Å². The maximum atomic E-state index is 9.61. The van der Waals surface area contributed by atoms with Crippen molar-refractivity contribution < 1.29 is 14.4 Å². The molecule has 3 unspecified atom stereocenters. The monoisotopic (exact) mass is 240 g/mol. The van der Waals surface area contributed by atoms with E-state index in [2.05, 4.69) is 10.1 Å². The molecule has 1 aliphatic rings. The molecule has 0 radical (unpaired) electrons. The molecule has 0 aromatic carbocycles. The molecule has 1 aromatic rings. The fourth-order valence-electron chi connectivity index (χ4n) is 2.23. The molecule has 1 aliphatic heterocycles. The lowest BCUT2D eigenvalue weighted by Crippen LogP contribution is -2.14. The predicted molar refractivity (Wildman–Crippen MR) is 61.6 cm³/mol. The van der Waals surface area contributed by atoms with Crippen LogP contribution in [0.2, 0.25) is 0 Å². The quantitative estimate of drug-likeness (QED) is 0.845. The largest absolute Gasteiger partial charge is 0.393 e. The maximum absolute atomic E-state index is 9.61. The van der Waals surface area contributed by atoms with E-state index in [1.165, 1.54) is 0 Å². The average molecular weight is 240 g/mol. The molecule has 1 aromatic heterocycles. The van der Waals surface area contributed by atoms with Gasteiger partial charge in [0.1, 0.15) is 0 Å². The van der Waals surface area contributed by atoms with Crippen molar-refractivity contribution >= 4 is 0 Å². The smallest absolute Gasteiger partial charge is 0.232 e. The summed E-state index contributed by atoms with van der Waals surface area (Å²) in [6.45, 7) is 5.38. The summed E-state index contributed by atoms with van der Waals surface area (Å²) < 4.78 is 10.5. The Bertz CT molecular complexity index is 345. The van der Waals surface area contributed by atoms with Crippen molar-refractivity contribution in [1.82, 2.24) is 10.1 Å². The molecule has 3 atom stereocenters. The number of ether oxygens (including phenoxy) is 1. The first-order valence-electron chi connectivity index (χ1n) is 6.29. The molecular weight excluding hydrogens is 220 g/mol. The van der Waals surface area contributed by atoms with Gasteiger partial charge in [-0.1, -0.05) is 12.1 Å². The van der Waals surface area contributed by atoms with Gasteiger partial charge in [-0.15, -0.1) is 0 Å². The summed E-state index contributed by atoms with van der Waals surface area (Å²) in [6.07, 6.45) is 2.21. The van der Waals surface area contributed by atoms with Crippen LogP contribution in [0.15, 0.2) is 4.52 Å². The molecule has 1 fully saturated rings. The Morgan fingerprint density at radius 3 is 2.94 bits per heavy atom. The van der Waals surface area contributed by atoms with Crippen LogP contribution >= 0.6 is 0 Å². The SMILES string of the molecule is CCC(c1nc(CC2CCOC2)no1)C(C)O. The van der Waals surface area contributed by atoms with Gasteiger partial charge < -0.3 is 14.4 Å². The first-order chi connectivity index (χ1) is 8.20. The molecule has 0 bridgehead atoms.